The van der Waals surface area contributed by atoms with Crippen LogP contribution in [0.4, 0.5) is 0 Å². The first-order valence-corrected chi connectivity index (χ1v) is 10.5. The zero-order valence-corrected chi connectivity index (χ0v) is 18.4. The molecule has 0 aliphatic carbocycles. The molecule has 0 aliphatic heterocycles. The normalized spacial score (nSPS) is 12.2. The van der Waals surface area contributed by atoms with Crippen molar-refractivity contribution in [2.45, 2.75) is 18.7 Å². The molecule has 27 heavy (non-hydrogen) atoms. The fourth-order valence-corrected chi connectivity index (χ4v) is 4.45. The van der Waals surface area contributed by atoms with E-state index in [9.17, 15) is 0 Å². The van der Waals surface area contributed by atoms with Gasteiger partial charge in [0.1, 0.15) is 16.4 Å². The van der Waals surface area contributed by atoms with Crippen molar-refractivity contribution < 1.29 is 4.74 Å². The van der Waals surface area contributed by atoms with Gasteiger partial charge in [0.15, 0.2) is 4.90 Å². The van der Waals surface area contributed by atoms with Gasteiger partial charge in [0.25, 0.3) is 0 Å². The van der Waals surface area contributed by atoms with Crippen molar-refractivity contribution in [3.05, 3.63) is 96.3 Å². The fraction of sp³-hybridized carbons (Fsp3) is 0.167. The quantitative estimate of drug-likeness (QED) is 0.199. The average Bonchev–Trinajstić information content (AvgIpc) is 2.71. The second kappa shape index (κ2) is 15.0. The van der Waals surface area contributed by atoms with Crippen molar-refractivity contribution in [2.24, 2.45) is 0 Å². The maximum Gasteiger partial charge on any atom is 0.168 e. The monoisotopic (exact) mass is 399 g/mol. The van der Waals surface area contributed by atoms with Crippen molar-refractivity contribution in [3.8, 4) is 5.75 Å². The van der Waals surface area contributed by atoms with Crippen LogP contribution in [0.5, 0.6) is 5.75 Å². The van der Waals surface area contributed by atoms with Gasteiger partial charge in [-0.05, 0) is 36.6 Å². The Bertz CT molecular complexity index is 718. The topological polar surface area (TPSA) is 9.23 Å². The van der Waals surface area contributed by atoms with Crippen molar-refractivity contribution in [1.82, 2.24) is 0 Å². The second-order valence-corrected chi connectivity index (χ2v) is 7.71. The first-order chi connectivity index (χ1) is 13.1. The van der Waals surface area contributed by atoms with Crippen molar-refractivity contribution in [3.63, 3.8) is 0 Å². The predicted molar refractivity (Wildman–Crippen MR) is 131 cm³/mol. The van der Waals surface area contributed by atoms with E-state index < -0.39 is 0 Å². The third-order valence-corrected chi connectivity index (χ3v) is 6.07. The van der Waals surface area contributed by atoms with Crippen molar-refractivity contribution in [2.75, 3.05) is 12.9 Å². The molecule has 0 N–H and O–H groups in total. The molecule has 3 heteroatoms. The van der Waals surface area contributed by atoms with Gasteiger partial charge in [-0.1, -0.05) is 62.8 Å². The Hall–Kier alpha value is -2.10. The van der Waals surface area contributed by atoms with Gasteiger partial charge in [-0.2, -0.15) is 12.6 Å². The summed E-state index contributed by atoms with van der Waals surface area (Å²) in [6, 6.07) is 4.15. The van der Waals surface area contributed by atoms with Crippen LogP contribution >= 0.6 is 12.6 Å². The van der Waals surface area contributed by atoms with E-state index in [0.29, 0.717) is 0 Å². The first kappa shape index (κ1) is 24.9. The van der Waals surface area contributed by atoms with Gasteiger partial charge in [-0.25, -0.2) is 0 Å². The number of ether oxygens (including phenoxy) is 1. The molecule has 0 saturated heterocycles. The first-order valence-electron chi connectivity index (χ1n) is 8.55. The highest BCUT2D eigenvalue weighted by Gasteiger charge is 2.27. The van der Waals surface area contributed by atoms with E-state index in [1.54, 1.807) is 24.7 Å². The average molecular weight is 400 g/mol. The highest BCUT2D eigenvalue weighted by Crippen LogP contribution is 2.34. The number of allylic oxidation sites excluding steroid dienone is 6. The maximum atomic E-state index is 5.45. The molecule has 0 fully saturated rings. The lowest BCUT2D eigenvalue weighted by molar-refractivity contribution is 0.413. The predicted octanol–water partition coefficient (Wildman–Crippen LogP) is 7.24. The summed E-state index contributed by atoms with van der Waals surface area (Å²) in [7, 11) is 1.62. The second-order valence-electron chi connectivity index (χ2n) is 5.22. The lowest BCUT2D eigenvalue weighted by atomic mass is 10.1. The van der Waals surface area contributed by atoms with Crippen LogP contribution in [0, 0.1) is 0 Å². The van der Waals surface area contributed by atoms with Gasteiger partial charge >= 0.3 is 0 Å². The van der Waals surface area contributed by atoms with Gasteiger partial charge in [-0.3, -0.25) is 0 Å². The highest BCUT2D eigenvalue weighted by atomic mass is 32.2. The molecule has 0 spiro atoms. The molecule has 0 bridgehead atoms. The van der Waals surface area contributed by atoms with Crippen LogP contribution in [0.15, 0.2) is 90.1 Å². The van der Waals surface area contributed by atoms with Crippen LogP contribution in [0.1, 0.15) is 25.0 Å². The van der Waals surface area contributed by atoms with E-state index in [-0.39, 0.29) is 10.9 Å². The Morgan fingerprint density at radius 3 is 2.19 bits per heavy atom. The number of hydrogen-bond donors (Lipinski definition) is 1. The van der Waals surface area contributed by atoms with Crippen LogP contribution in [0.2, 0.25) is 0 Å². The zero-order valence-electron chi connectivity index (χ0n) is 16.7. The van der Waals surface area contributed by atoms with Crippen LogP contribution < -0.4 is 4.74 Å². The molecule has 0 aromatic heterocycles. The lowest BCUT2D eigenvalue weighted by Gasteiger charge is -2.14. The zero-order chi connectivity index (χ0) is 20.7. The molecule has 144 valence electrons. The number of rotatable bonds is 9. The Morgan fingerprint density at radius 2 is 1.74 bits per heavy atom. The molecule has 1 unspecified atom stereocenters. The van der Waals surface area contributed by atoms with Gasteiger partial charge in [0.05, 0.1) is 18.0 Å². The van der Waals surface area contributed by atoms with E-state index in [4.69, 9.17) is 4.74 Å². The summed E-state index contributed by atoms with van der Waals surface area (Å²) in [4.78, 5) is 2.56. The number of methoxy groups -OCH3 is 1. The van der Waals surface area contributed by atoms with Crippen LogP contribution in [-0.4, -0.2) is 12.9 Å². The molecule has 1 atom stereocenters. The number of benzene rings is 1. The van der Waals surface area contributed by atoms with Crippen LogP contribution in [-0.2, 0) is 10.9 Å². The molecule has 0 aliphatic rings. The largest absolute Gasteiger partial charge is 0.496 e. The maximum absolute atomic E-state index is 5.45. The molecular weight excluding hydrogens is 368 g/mol. The molecule has 0 saturated carbocycles. The van der Waals surface area contributed by atoms with E-state index in [1.807, 2.05) is 31.2 Å². The van der Waals surface area contributed by atoms with E-state index in [2.05, 4.69) is 70.2 Å². The van der Waals surface area contributed by atoms with Crippen molar-refractivity contribution in [1.29, 1.82) is 0 Å². The molecule has 1 nitrogen and oxygen atoms in total. The van der Waals surface area contributed by atoms with Gasteiger partial charge < -0.3 is 4.74 Å². The van der Waals surface area contributed by atoms with Crippen molar-refractivity contribution >= 4 is 35.7 Å². The standard InChI is InChI=1S/C20H24OS2.C4H6/c1-6-9-15-23(16(4)11-10-14-22)20-13-12-19(21-5)17(7-2)18(20)8-3;1-3-4-2/h6-14H,2-3,15H2,1,4-5H3;3-4H,1-2H2/p+1/b9-6-,14-10-,16-11+;. The SMILES string of the molecule is C=CC=C.C=Cc1c(OC)ccc([S+](C/C=C\C)/C(C)=C/C=C\S)c1C=C. The highest BCUT2D eigenvalue weighted by molar-refractivity contribution is 8.00. The third-order valence-electron chi connectivity index (χ3n) is 3.57. The molecule has 0 heterocycles. The molecule has 1 aromatic rings. The molecule has 0 amide bonds. The van der Waals surface area contributed by atoms with E-state index in [0.717, 1.165) is 22.6 Å². The summed E-state index contributed by atoms with van der Waals surface area (Å²) in [6.07, 6.45) is 15.4. The molecule has 1 aromatic carbocycles. The van der Waals surface area contributed by atoms with Gasteiger partial charge in [-0.15, -0.1) is 0 Å². The summed E-state index contributed by atoms with van der Waals surface area (Å²) in [5, 5.41) is 1.75. The minimum Gasteiger partial charge on any atom is -0.496 e. The smallest absolute Gasteiger partial charge is 0.168 e. The minimum absolute atomic E-state index is 0.0530. The Balaban J connectivity index is 0.00000153. The summed E-state index contributed by atoms with van der Waals surface area (Å²) in [6.45, 7) is 18.9. The Kier molecular flexibility index (Phi) is 13.8. The van der Waals surface area contributed by atoms with E-state index >= 15 is 0 Å². The number of thiol groups is 1. The van der Waals surface area contributed by atoms with Crippen LogP contribution in [0.3, 0.4) is 0 Å². The molecule has 0 radical (unpaired) electrons. The van der Waals surface area contributed by atoms with Crippen LogP contribution in [0.25, 0.3) is 12.2 Å². The summed E-state index contributed by atoms with van der Waals surface area (Å²) >= 11 is 4.14. The van der Waals surface area contributed by atoms with E-state index in [1.165, 1.54) is 9.80 Å². The molecular formula is C24H31OS2+. The lowest BCUT2D eigenvalue weighted by Crippen LogP contribution is -2.10. The van der Waals surface area contributed by atoms with Gasteiger partial charge in [0, 0.05) is 18.1 Å². The van der Waals surface area contributed by atoms with Gasteiger partial charge in [0.2, 0.25) is 0 Å². The summed E-state index contributed by atoms with van der Waals surface area (Å²) < 4.78 is 5.45. The minimum atomic E-state index is -0.0530. The number of hydrogen-bond acceptors (Lipinski definition) is 2. The Labute approximate surface area is 174 Å². The summed E-state index contributed by atoms with van der Waals surface area (Å²) in [5.41, 5.74) is 2.09. The third kappa shape index (κ3) is 7.98. The fourth-order valence-electron chi connectivity index (χ4n) is 2.26. The molecule has 1 rings (SSSR count). The summed E-state index contributed by atoms with van der Waals surface area (Å²) in [5.74, 6) is 1.79. The Morgan fingerprint density at radius 1 is 1.11 bits per heavy atom.